The predicted octanol–water partition coefficient (Wildman–Crippen LogP) is 1.04. The average molecular weight is 210 g/mol. The second-order valence-electron chi connectivity index (χ2n) is 5.10. The van der Waals surface area contributed by atoms with Gasteiger partial charge in [-0.1, -0.05) is 13.8 Å². The molecule has 2 aliphatic rings. The highest BCUT2D eigenvalue weighted by Gasteiger charge is 2.68. The zero-order valence-electron chi connectivity index (χ0n) is 8.87. The van der Waals surface area contributed by atoms with Crippen LogP contribution < -0.4 is 0 Å². The summed E-state index contributed by atoms with van der Waals surface area (Å²) in [6.07, 6.45) is 1.21. The molecule has 3 atom stereocenters. The minimum absolute atomic E-state index is 0.0916. The molecule has 0 heterocycles. The van der Waals surface area contributed by atoms with Gasteiger partial charge in [0.2, 0.25) is 11.6 Å². The Hall–Kier alpha value is -1.19. The molecule has 0 spiro atoms. The molecule has 0 aromatic carbocycles. The molecule has 0 aliphatic heterocycles. The van der Waals surface area contributed by atoms with Crippen molar-refractivity contribution in [2.24, 2.45) is 16.7 Å². The van der Waals surface area contributed by atoms with Gasteiger partial charge in [-0.25, -0.2) is 0 Å². The molecule has 2 bridgehead atoms. The Kier molecular flexibility index (Phi) is 1.85. The summed E-state index contributed by atoms with van der Waals surface area (Å²) >= 11 is 0. The van der Waals surface area contributed by atoms with Gasteiger partial charge in [0, 0.05) is 16.7 Å². The molecule has 2 aliphatic carbocycles. The van der Waals surface area contributed by atoms with Gasteiger partial charge >= 0.3 is 5.97 Å². The minimum Gasteiger partial charge on any atom is -0.481 e. The molecule has 0 aromatic rings. The number of carbonyl (C=O) groups excluding carboxylic acids is 2. The van der Waals surface area contributed by atoms with Crippen LogP contribution in [0.4, 0.5) is 0 Å². The second-order valence-corrected chi connectivity index (χ2v) is 5.10. The van der Waals surface area contributed by atoms with E-state index in [2.05, 4.69) is 0 Å². The average Bonchev–Trinajstić information content (AvgIpc) is 2.42. The summed E-state index contributed by atoms with van der Waals surface area (Å²) in [5.41, 5.74) is -1.42. The Balaban J connectivity index is 2.46. The van der Waals surface area contributed by atoms with Crippen LogP contribution in [0.1, 0.15) is 33.1 Å². The Morgan fingerprint density at radius 3 is 2.47 bits per heavy atom. The Morgan fingerprint density at radius 1 is 1.47 bits per heavy atom. The fourth-order valence-corrected chi connectivity index (χ4v) is 3.28. The first kappa shape index (κ1) is 10.3. The molecule has 0 saturated heterocycles. The Morgan fingerprint density at radius 2 is 2.07 bits per heavy atom. The third kappa shape index (κ3) is 0.994. The van der Waals surface area contributed by atoms with Crippen LogP contribution in [0.15, 0.2) is 0 Å². The zero-order chi connectivity index (χ0) is 11.4. The first-order valence-corrected chi connectivity index (χ1v) is 5.13. The minimum atomic E-state index is -0.932. The first-order valence-electron chi connectivity index (χ1n) is 5.13. The highest BCUT2D eigenvalue weighted by molar-refractivity contribution is 6.43. The molecular weight excluding hydrogens is 196 g/mol. The van der Waals surface area contributed by atoms with Crippen molar-refractivity contribution in [3.8, 4) is 0 Å². The lowest BCUT2D eigenvalue weighted by Crippen LogP contribution is -2.37. The van der Waals surface area contributed by atoms with Gasteiger partial charge in [0.1, 0.15) is 0 Å². The molecule has 2 saturated carbocycles. The lowest BCUT2D eigenvalue weighted by Gasteiger charge is -2.34. The topological polar surface area (TPSA) is 71.4 Å². The van der Waals surface area contributed by atoms with E-state index in [0.29, 0.717) is 12.8 Å². The highest BCUT2D eigenvalue weighted by atomic mass is 16.4. The molecule has 0 amide bonds. The van der Waals surface area contributed by atoms with Crippen molar-refractivity contribution in [3.05, 3.63) is 0 Å². The maximum absolute atomic E-state index is 11.7. The first-order chi connectivity index (χ1) is 6.83. The molecule has 0 unspecified atom stereocenters. The van der Waals surface area contributed by atoms with Crippen molar-refractivity contribution in [2.75, 3.05) is 0 Å². The summed E-state index contributed by atoms with van der Waals surface area (Å²) in [6.45, 7) is 3.50. The number of Topliss-reactive ketones (excluding diaryl/α,β-unsaturated/α-hetero) is 2. The van der Waals surface area contributed by atoms with Crippen molar-refractivity contribution >= 4 is 17.5 Å². The van der Waals surface area contributed by atoms with Gasteiger partial charge in [-0.2, -0.15) is 0 Å². The number of fused-ring (bicyclic) bond motifs is 2. The number of hydrogen-bond donors (Lipinski definition) is 1. The number of carboxylic acids is 1. The van der Waals surface area contributed by atoms with Crippen molar-refractivity contribution in [1.29, 1.82) is 0 Å². The molecule has 15 heavy (non-hydrogen) atoms. The van der Waals surface area contributed by atoms with Crippen LogP contribution in [-0.4, -0.2) is 22.6 Å². The summed E-state index contributed by atoms with van der Waals surface area (Å²) in [5, 5.41) is 8.87. The van der Waals surface area contributed by atoms with E-state index in [4.69, 9.17) is 5.11 Å². The lowest BCUT2D eigenvalue weighted by molar-refractivity contribution is -0.143. The number of carboxylic acid groups (broad SMARTS) is 1. The van der Waals surface area contributed by atoms with E-state index in [-0.39, 0.29) is 23.9 Å². The second kappa shape index (κ2) is 2.68. The summed E-state index contributed by atoms with van der Waals surface area (Å²) in [6, 6.07) is 0. The van der Waals surface area contributed by atoms with E-state index in [1.165, 1.54) is 0 Å². The maximum Gasteiger partial charge on any atom is 0.303 e. The van der Waals surface area contributed by atoms with Gasteiger partial charge in [-0.05, 0) is 12.8 Å². The number of aliphatic carboxylic acids is 1. The van der Waals surface area contributed by atoms with Gasteiger partial charge in [0.05, 0.1) is 6.42 Å². The van der Waals surface area contributed by atoms with Gasteiger partial charge in [0.25, 0.3) is 0 Å². The molecular formula is C11H14O4. The van der Waals surface area contributed by atoms with E-state index >= 15 is 0 Å². The standard InChI is InChI=1S/C11H14O4/c1-10-4-3-6(8(14)9(10)15)11(10,2)5-7(12)13/h6H,3-5H2,1-2H3,(H,12,13)/t6-,10-,11-/m0/s1. The van der Waals surface area contributed by atoms with E-state index < -0.39 is 16.8 Å². The molecule has 82 valence electrons. The fourth-order valence-electron chi connectivity index (χ4n) is 3.28. The van der Waals surface area contributed by atoms with Crippen LogP contribution in [-0.2, 0) is 14.4 Å². The largest absolute Gasteiger partial charge is 0.481 e. The van der Waals surface area contributed by atoms with E-state index in [9.17, 15) is 14.4 Å². The number of ketones is 2. The van der Waals surface area contributed by atoms with E-state index in [0.717, 1.165) is 0 Å². The summed E-state index contributed by atoms with van der Waals surface area (Å²) in [7, 11) is 0. The SMILES string of the molecule is C[C@]12CC[C@@H](C(=O)C1=O)[C@]2(C)CC(=O)O. The number of rotatable bonds is 2. The zero-order valence-corrected chi connectivity index (χ0v) is 8.87. The maximum atomic E-state index is 11.7. The van der Waals surface area contributed by atoms with Crippen molar-refractivity contribution in [1.82, 2.24) is 0 Å². The third-order valence-electron chi connectivity index (χ3n) is 4.52. The van der Waals surface area contributed by atoms with E-state index in [1.807, 2.05) is 0 Å². The summed E-state index contributed by atoms with van der Waals surface area (Å²) in [4.78, 5) is 34.2. The summed E-state index contributed by atoms with van der Waals surface area (Å²) in [5.74, 6) is -2.01. The molecule has 4 nitrogen and oxygen atoms in total. The van der Waals surface area contributed by atoms with Crippen LogP contribution in [0.3, 0.4) is 0 Å². The lowest BCUT2D eigenvalue weighted by atomic mass is 9.67. The van der Waals surface area contributed by atoms with Gasteiger partial charge in [0.15, 0.2) is 0 Å². The van der Waals surface area contributed by atoms with Crippen LogP contribution in [0.25, 0.3) is 0 Å². The quantitative estimate of drug-likeness (QED) is 0.691. The number of hydrogen-bond acceptors (Lipinski definition) is 3. The molecule has 0 radical (unpaired) electrons. The smallest absolute Gasteiger partial charge is 0.303 e. The highest BCUT2D eigenvalue weighted by Crippen LogP contribution is 2.63. The van der Waals surface area contributed by atoms with Crippen molar-refractivity contribution in [2.45, 2.75) is 33.1 Å². The molecule has 4 heteroatoms. The van der Waals surface area contributed by atoms with Crippen LogP contribution in [0.2, 0.25) is 0 Å². The van der Waals surface area contributed by atoms with Gasteiger partial charge in [-0.15, -0.1) is 0 Å². The van der Waals surface area contributed by atoms with Crippen LogP contribution in [0, 0.1) is 16.7 Å². The molecule has 1 N–H and O–H groups in total. The summed E-state index contributed by atoms with van der Waals surface area (Å²) < 4.78 is 0. The fraction of sp³-hybridized carbons (Fsp3) is 0.727. The Bertz CT molecular complexity index is 373. The van der Waals surface area contributed by atoms with Gasteiger partial charge in [-0.3, -0.25) is 14.4 Å². The monoisotopic (exact) mass is 210 g/mol. The van der Waals surface area contributed by atoms with Gasteiger partial charge < -0.3 is 5.11 Å². The van der Waals surface area contributed by atoms with E-state index in [1.54, 1.807) is 13.8 Å². The predicted molar refractivity (Wildman–Crippen MR) is 51.2 cm³/mol. The van der Waals surface area contributed by atoms with Crippen LogP contribution >= 0.6 is 0 Å². The number of carbonyl (C=O) groups is 3. The van der Waals surface area contributed by atoms with Crippen molar-refractivity contribution < 1.29 is 19.5 Å². The normalized spacial score (nSPS) is 43.7. The molecule has 0 aromatic heterocycles. The Labute approximate surface area is 87.7 Å². The molecule has 2 rings (SSSR count). The molecule has 2 fully saturated rings. The van der Waals surface area contributed by atoms with Crippen LogP contribution in [0.5, 0.6) is 0 Å². The third-order valence-corrected chi connectivity index (χ3v) is 4.52. The van der Waals surface area contributed by atoms with Crippen molar-refractivity contribution in [3.63, 3.8) is 0 Å².